The Morgan fingerprint density at radius 2 is 2.27 bits per heavy atom. The van der Waals surface area contributed by atoms with Gasteiger partial charge in [-0.3, -0.25) is 0 Å². The SMILES string of the molecule is Fc1c(P)ccc2c1CCO2. The van der Waals surface area contributed by atoms with E-state index in [0.717, 1.165) is 5.56 Å². The van der Waals surface area contributed by atoms with Crippen LogP contribution in [0, 0.1) is 5.82 Å². The van der Waals surface area contributed by atoms with Crippen LogP contribution in [0.2, 0.25) is 0 Å². The molecule has 0 aliphatic carbocycles. The fourth-order valence-electron chi connectivity index (χ4n) is 1.25. The molecule has 0 radical (unpaired) electrons. The summed E-state index contributed by atoms with van der Waals surface area (Å²) in [5.74, 6) is 0.568. The number of hydrogen-bond donors (Lipinski definition) is 0. The largest absolute Gasteiger partial charge is 0.493 e. The van der Waals surface area contributed by atoms with Crippen LogP contribution in [0.4, 0.5) is 4.39 Å². The smallest absolute Gasteiger partial charge is 0.137 e. The van der Waals surface area contributed by atoms with Gasteiger partial charge in [0.05, 0.1) is 6.61 Å². The Balaban J connectivity index is 2.62. The van der Waals surface area contributed by atoms with Crippen molar-refractivity contribution in [3.63, 3.8) is 0 Å². The summed E-state index contributed by atoms with van der Waals surface area (Å²) in [5.41, 5.74) is 0.720. The summed E-state index contributed by atoms with van der Waals surface area (Å²) in [7, 11) is 2.37. The molecular weight excluding hydrogens is 162 g/mol. The molecule has 0 N–H and O–H groups in total. The quantitative estimate of drug-likeness (QED) is 0.532. The van der Waals surface area contributed by atoms with Crippen LogP contribution < -0.4 is 10.0 Å². The lowest BCUT2D eigenvalue weighted by atomic mass is 10.1. The third-order valence-electron chi connectivity index (χ3n) is 1.84. The van der Waals surface area contributed by atoms with E-state index >= 15 is 0 Å². The molecule has 0 fully saturated rings. The Morgan fingerprint density at radius 3 is 3.09 bits per heavy atom. The lowest BCUT2D eigenvalue weighted by molar-refractivity contribution is 0.357. The van der Waals surface area contributed by atoms with Crippen molar-refractivity contribution < 1.29 is 9.13 Å². The van der Waals surface area contributed by atoms with E-state index in [1.54, 1.807) is 6.07 Å². The van der Waals surface area contributed by atoms with Crippen LogP contribution >= 0.6 is 9.24 Å². The molecule has 11 heavy (non-hydrogen) atoms. The van der Waals surface area contributed by atoms with Gasteiger partial charge in [-0.15, -0.1) is 9.24 Å². The Morgan fingerprint density at radius 1 is 1.45 bits per heavy atom. The van der Waals surface area contributed by atoms with Gasteiger partial charge in [-0.25, -0.2) is 4.39 Å². The second-order valence-electron chi connectivity index (χ2n) is 2.54. The van der Waals surface area contributed by atoms with E-state index in [4.69, 9.17) is 4.74 Å². The summed E-state index contributed by atoms with van der Waals surface area (Å²) < 4.78 is 18.4. The van der Waals surface area contributed by atoms with E-state index in [-0.39, 0.29) is 5.82 Å². The molecule has 0 aromatic heterocycles. The van der Waals surface area contributed by atoms with Crippen LogP contribution in [0.1, 0.15) is 5.56 Å². The minimum Gasteiger partial charge on any atom is -0.493 e. The molecule has 2 rings (SSSR count). The first-order valence-electron chi connectivity index (χ1n) is 3.48. The van der Waals surface area contributed by atoms with Crippen LogP contribution in [-0.2, 0) is 6.42 Å². The van der Waals surface area contributed by atoms with Gasteiger partial charge in [-0.2, -0.15) is 0 Å². The summed E-state index contributed by atoms with van der Waals surface area (Å²) in [6.07, 6.45) is 0.698. The van der Waals surface area contributed by atoms with Gasteiger partial charge in [0.25, 0.3) is 0 Å². The molecule has 1 aliphatic rings. The van der Waals surface area contributed by atoms with E-state index < -0.39 is 0 Å². The highest BCUT2D eigenvalue weighted by Gasteiger charge is 2.17. The van der Waals surface area contributed by atoms with E-state index in [0.29, 0.717) is 24.1 Å². The van der Waals surface area contributed by atoms with Gasteiger partial charge in [0.15, 0.2) is 0 Å². The molecule has 1 atom stereocenters. The van der Waals surface area contributed by atoms with Crippen molar-refractivity contribution >= 4 is 14.5 Å². The molecule has 1 unspecified atom stereocenters. The third kappa shape index (κ3) is 1.02. The molecular formula is C8H8FOP. The zero-order valence-corrected chi connectivity index (χ0v) is 7.09. The van der Waals surface area contributed by atoms with Crippen LogP contribution in [-0.4, -0.2) is 6.61 Å². The van der Waals surface area contributed by atoms with Crippen LogP contribution in [0.25, 0.3) is 0 Å². The molecule has 58 valence electrons. The molecule has 1 heterocycles. The van der Waals surface area contributed by atoms with E-state index in [1.165, 1.54) is 0 Å². The topological polar surface area (TPSA) is 9.23 Å². The molecule has 3 heteroatoms. The van der Waals surface area contributed by atoms with Crippen LogP contribution in [0.15, 0.2) is 12.1 Å². The van der Waals surface area contributed by atoms with Crippen LogP contribution in [0.5, 0.6) is 5.75 Å². The van der Waals surface area contributed by atoms with E-state index in [2.05, 4.69) is 9.24 Å². The maximum Gasteiger partial charge on any atom is 0.137 e. The maximum absolute atomic E-state index is 13.2. The fraction of sp³-hybridized carbons (Fsp3) is 0.250. The second kappa shape index (κ2) is 2.46. The number of ether oxygens (including phenoxy) is 1. The van der Waals surface area contributed by atoms with Gasteiger partial charge in [-0.05, 0) is 12.1 Å². The molecule has 0 amide bonds. The number of fused-ring (bicyclic) bond motifs is 1. The van der Waals surface area contributed by atoms with Gasteiger partial charge in [0, 0.05) is 17.3 Å². The fourth-order valence-corrected chi connectivity index (χ4v) is 1.52. The monoisotopic (exact) mass is 170 g/mol. The Hall–Kier alpha value is -0.620. The van der Waals surface area contributed by atoms with Crippen molar-refractivity contribution in [3.8, 4) is 5.75 Å². The Kier molecular flexibility index (Phi) is 1.57. The molecule has 0 saturated heterocycles. The average molecular weight is 170 g/mol. The van der Waals surface area contributed by atoms with Crippen molar-refractivity contribution in [2.24, 2.45) is 0 Å². The van der Waals surface area contributed by atoms with Crippen LogP contribution in [0.3, 0.4) is 0 Å². The van der Waals surface area contributed by atoms with Gasteiger partial charge in [0.1, 0.15) is 11.6 Å². The molecule has 1 aromatic rings. The maximum atomic E-state index is 13.2. The van der Waals surface area contributed by atoms with Gasteiger partial charge in [0.2, 0.25) is 0 Å². The van der Waals surface area contributed by atoms with E-state index in [9.17, 15) is 4.39 Å². The highest BCUT2D eigenvalue weighted by molar-refractivity contribution is 7.27. The number of benzene rings is 1. The molecule has 1 aromatic carbocycles. The predicted octanol–water partition coefficient (Wildman–Crippen LogP) is 1.26. The minimum absolute atomic E-state index is 0.134. The van der Waals surface area contributed by atoms with Gasteiger partial charge >= 0.3 is 0 Å². The Labute approximate surface area is 66.8 Å². The highest BCUT2D eigenvalue weighted by Crippen LogP contribution is 2.26. The summed E-state index contributed by atoms with van der Waals surface area (Å²) in [5, 5.41) is 0.620. The number of halogens is 1. The summed E-state index contributed by atoms with van der Waals surface area (Å²) in [6, 6.07) is 3.53. The number of rotatable bonds is 0. The second-order valence-corrected chi connectivity index (χ2v) is 3.17. The first kappa shape index (κ1) is 7.05. The molecule has 1 nitrogen and oxygen atoms in total. The van der Waals surface area contributed by atoms with Crippen molar-refractivity contribution in [1.29, 1.82) is 0 Å². The Bertz CT molecular complexity index is 298. The third-order valence-corrected chi connectivity index (χ3v) is 2.29. The first-order chi connectivity index (χ1) is 5.29. The lowest BCUT2D eigenvalue weighted by Crippen LogP contribution is -2.00. The standard InChI is InChI=1S/C8H8FOP/c9-8-5-3-4-10-6(5)1-2-7(8)11/h1-2H,3-4,11H2. The molecule has 1 aliphatic heterocycles. The van der Waals surface area contributed by atoms with Crippen molar-refractivity contribution in [2.75, 3.05) is 6.61 Å². The molecule has 0 bridgehead atoms. The first-order valence-corrected chi connectivity index (χ1v) is 4.06. The summed E-state index contributed by atoms with van der Waals surface area (Å²) in [4.78, 5) is 0. The molecule has 0 spiro atoms. The zero-order chi connectivity index (χ0) is 7.84. The summed E-state index contributed by atoms with van der Waals surface area (Å²) >= 11 is 0. The lowest BCUT2D eigenvalue weighted by Gasteiger charge is -2.01. The van der Waals surface area contributed by atoms with Crippen molar-refractivity contribution in [3.05, 3.63) is 23.5 Å². The molecule has 0 saturated carbocycles. The van der Waals surface area contributed by atoms with E-state index in [1.807, 2.05) is 6.07 Å². The minimum atomic E-state index is -0.134. The normalized spacial score (nSPS) is 14.4. The van der Waals surface area contributed by atoms with Gasteiger partial charge < -0.3 is 4.74 Å². The van der Waals surface area contributed by atoms with Crippen molar-refractivity contribution in [2.45, 2.75) is 6.42 Å². The zero-order valence-electron chi connectivity index (χ0n) is 5.93. The van der Waals surface area contributed by atoms with Gasteiger partial charge in [-0.1, -0.05) is 0 Å². The summed E-state index contributed by atoms with van der Waals surface area (Å²) in [6.45, 7) is 0.611. The highest BCUT2D eigenvalue weighted by atomic mass is 31.0. The predicted molar refractivity (Wildman–Crippen MR) is 44.9 cm³/mol. The number of hydrogen-bond acceptors (Lipinski definition) is 1. The van der Waals surface area contributed by atoms with Crippen molar-refractivity contribution in [1.82, 2.24) is 0 Å². The average Bonchev–Trinajstić information content (AvgIpc) is 2.45.